The van der Waals surface area contributed by atoms with E-state index in [0.29, 0.717) is 6.04 Å². The van der Waals surface area contributed by atoms with Crippen molar-refractivity contribution in [2.24, 2.45) is 0 Å². The number of aryl methyl sites for hydroxylation is 2. The lowest BCUT2D eigenvalue weighted by Gasteiger charge is -2.20. The second-order valence-corrected chi connectivity index (χ2v) is 5.96. The highest BCUT2D eigenvalue weighted by molar-refractivity contribution is 5.35. The summed E-state index contributed by atoms with van der Waals surface area (Å²) in [6.45, 7) is 4.27. The maximum atomic E-state index is 5.07. The molecule has 1 aliphatic carbocycles. The Labute approximate surface area is 123 Å². The predicted molar refractivity (Wildman–Crippen MR) is 85.2 cm³/mol. The quantitative estimate of drug-likeness (QED) is 0.723. The number of fused-ring (bicyclic) bond motifs is 1. The molecule has 0 amide bonds. The van der Waals surface area contributed by atoms with Crippen molar-refractivity contribution in [3.63, 3.8) is 0 Å². The molecule has 0 saturated heterocycles. The van der Waals surface area contributed by atoms with E-state index < -0.39 is 0 Å². The number of rotatable bonds is 8. The molecule has 1 aliphatic rings. The zero-order valence-electron chi connectivity index (χ0n) is 13.1. The molecule has 0 radical (unpaired) electrons. The fourth-order valence-electron chi connectivity index (χ4n) is 3.01. The molecule has 0 bridgehead atoms. The third kappa shape index (κ3) is 4.60. The van der Waals surface area contributed by atoms with Crippen LogP contribution in [0.4, 0.5) is 0 Å². The Morgan fingerprint density at radius 2 is 1.90 bits per heavy atom. The Morgan fingerprint density at radius 3 is 2.70 bits per heavy atom. The van der Waals surface area contributed by atoms with Gasteiger partial charge in [-0.25, -0.2) is 0 Å². The Kier molecular flexibility index (Phi) is 6.55. The maximum absolute atomic E-state index is 5.07. The molecule has 0 aliphatic heterocycles. The van der Waals surface area contributed by atoms with Gasteiger partial charge in [-0.2, -0.15) is 0 Å². The number of methoxy groups -OCH3 is 1. The number of unbranched alkanes of at least 4 members (excludes halogenated alkanes) is 2. The highest BCUT2D eigenvalue weighted by Gasteiger charge is 2.11. The van der Waals surface area contributed by atoms with E-state index in [-0.39, 0.29) is 0 Å². The second-order valence-electron chi connectivity index (χ2n) is 5.96. The van der Waals surface area contributed by atoms with E-state index in [1.54, 1.807) is 18.2 Å². The molecule has 0 saturated carbocycles. The molecule has 1 aromatic carbocycles. The summed E-state index contributed by atoms with van der Waals surface area (Å²) in [5.74, 6) is 0. The SMILES string of the molecule is COCCCCCNC(C)c1ccc2c(c1)CCCC2. The summed E-state index contributed by atoms with van der Waals surface area (Å²) in [4.78, 5) is 0. The Bertz CT molecular complexity index is 402. The van der Waals surface area contributed by atoms with Gasteiger partial charge in [-0.05, 0) is 75.1 Å². The molecule has 0 fully saturated rings. The normalized spacial score (nSPS) is 15.9. The minimum Gasteiger partial charge on any atom is -0.385 e. The van der Waals surface area contributed by atoms with Crippen molar-refractivity contribution in [2.75, 3.05) is 20.3 Å². The zero-order chi connectivity index (χ0) is 14.2. The van der Waals surface area contributed by atoms with Gasteiger partial charge >= 0.3 is 0 Å². The van der Waals surface area contributed by atoms with Crippen LogP contribution >= 0.6 is 0 Å². The number of ether oxygens (including phenoxy) is 1. The summed E-state index contributed by atoms with van der Waals surface area (Å²) < 4.78 is 5.07. The van der Waals surface area contributed by atoms with Gasteiger partial charge in [-0.15, -0.1) is 0 Å². The Balaban J connectivity index is 1.76. The fraction of sp³-hybridized carbons (Fsp3) is 0.667. The van der Waals surface area contributed by atoms with Crippen LogP contribution in [0.3, 0.4) is 0 Å². The molecule has 112 valence electrons. The van der Waals surface area contributed by atoms with Gasteiger partial charge in [0.25, 0.3) is 0 Å². The second kappa shape index (κ2) is 8.43. The summed E-state index contributed by atoms with van der Waals surface area (Å²) in [6.07, 6.45) is 8.92. The first-order chi connectivity index (χ1) is 9.81. The first-order valence-electron chi connectivity index (χ1n) is 8.15. The van der Waals surface area contributed by atoms with E-state index in [1.807, 2.05) is 0 Å². The van der Waals surface area contributed by atoms with E-state index in [4.69, 9.17) is 4.74 Å². The van der Waals surface area contributed by atoms with E-state index in [0.717, 1.165) is 13.2 Å². The molecule has 0 spiro atoms. The van der Waals surface area contributed by atoms with E-state index in [2.05, 4.69) is 30.4 Å². The monoisotopic (exact) mass is 275 g/mol. The standard InChI is InChI=1S/C18H29NO/c1-15(19-12-6-3-7-13-20-2)17-11-10-16-8-4-5-9-18(16)14-17/h10-11,14-15,19H,3-9,12-13H2,1-2H3. The summed E-state index contributed by atoms with van der Waals surface area (Å²) in [5, 5.41) is 3.64. The van der Waals surface area contributed by atoms with Gasteiger partial charge in [-0.1, -0.05) is 18.2 Å². The van der Waals surface area contributed by atoms with Crippen molar-refractivity contribution in [1.29, 1.82) is 0 Å². The number of benzene rings is 1. The van der Waals surface area contributed by atoms with Crippen LogP contribution < -0.4 is 5.32 Å². The van der Waals surface area contributed by atoms with Crippen LogP contribution in [-0.2, 0) is 17.6 Å². The maximum Gasteiger partial charge on any atom is 0.0462 e. The lowest BCUT2D eigenvalue weighted by molar-refractivity contribution is 0.192. The first kappa shape index (κ1) is 15.5. The van der Waals surface area contributed by atoms with E-state index in [1.165, 1.54) is 50.5 Å². The molecular weight excluding hydrogens is 246 g/mol. The van der Waals surface area contributed by atoms with Gasteiger partial charge in [0.2, 0.25) is 0 Å². The van der Waals surface area contributed by atoms with Crippen molar-refractivity contribution in [2.45, 2.75) is 57.9 Å². The average molecular weight is 275 g/mol. The third-order valence-corrected chi connectivity index (χ3v) is 4.35. The zero-order valence-corrected chi connectivity index (χ0v) is 13.1. The third-order valence-electron chi connectivity index (χ3n) is 4.35. The molecule has 0 heterocycles. The topological polar surface area (TPSA) is 21.3 Å². The molecule has 1 aromatic rings. The summed E-state index contributed by atoms with van der Waals surface area (Å²) in [5.41, 5.74) is 4.61. The molecule has 20 heavy (non-hydrogen) atoms. The molecule has 1 N–H and O–H groups in total. The highest BCUT2D eigenvalue weighted by Crippen LogP contribution is 2.24. The smallest absolute Gasteiger partial charge is 0.0462 e. The van der Waals surface area contributed by atoms with Crippen LogP contribution in [-0.4, -0.2) is 20.3 Å². The van der Waals surface area contributed by atoms with Crippen molar-refractivity contribution in [3.8, 4) is 0 Å². The molecule has 2 rings (SSSR count). The van der Waals surface area contributed by atoms with Crippen LogP contribution in [0.2, 0.25) is 0 Å². The minimum absolute atomic E-state index is 0.463. The van der Waals surface area contributed by atoms with Crippen molar-refractivity contribution in [3.05, 3.63) is 34.9 Å². The average Bonchev–Trinajstić information content (AvgIpc) is 2.50. The van der Waals surface area contributed by atoms with Crippen LogP contribution in [0.25, 0.3) is 0 Å². The number of nitrogens with one attached hydrogen (secondary N) is 1. The largest absolute Gasteiger partial charge is 0.385 e. The van der Waals surface area contributed by atoms with Gasteiger partial charge in [0.1, 0.15) is 0 Å². The van der Waals surface area contributed by atoms with E-state index in [9.17, 15) is 0 Å². The van der Waals surface area contributed by atoms with Crippen molar-refractivity contribution >= 4 is 0 Å². The Hall–Kier alpha value is -0.860. The molecule has 0 aromatic heterocycles. The van der Waals surface area contributed by atoms with Crippen LogP contribution in [0.15, 0.2) is 18.2 Å². The summed E-state index contributed by atoms with van der Waals surface area (Å²) in [6, 6.07) is 7.55. The van der Waals surface area contributed by atoms with Crippen molar-refractivity contribution in [1.82, 2.24) is 5.32 Å². The summed E-state index contributed by atoms with van der Waals surface area (Å²) >= 11 is 0. The predicted octanol–water partition coefficient (Wildman–Crippen LogP) is 4.03. The fourth-order valence-corrected chi connectivity index (χ4v) is 3.01. The summed E-state index contributed by atoms with van der Waals surface area (Å²) in [7, 11) is 1.77. The van der Waals surface area contributed by atoms with Crippen LogP contribution in [0.5, 0.6) is 0 Å². The lowest BCUT2D eigenvalue weighted by Crippen LogP contribution is -2.20. The molecule has 2 heteroatoms. The molecule has 2 nitrogen and oxygen atoms in total. The van der Waals surface area contributed by atoms with Gasteiger partial charge in [-0.3, -0.25) is 0 Å². The van der Waals surface area contributed by atoms with E-state index >= 15 is 0 Å². The number of hydrogen-bond donors (Lipinski definition) is 1. The van der Waals surface area contributed by atoms with Crippen LogP contribution in [0.1, 0.15) is 61.8 Å². The van der Waals surface area contributed by atoms with Gasteiger partial charge in [0.05, 0.1) is 0 Å². The van der Waals surface area contributed by atoms with Crippen molar-refractivity contribution < 1.29 is 4.74 Å². The molecule has 1 atom stereocenters. The minimum atomic E-state index is 0.463. The molecular formula is C18H29NO. The van der Waals surface area contributed by atoms with Gasteiger partial charge in [0, 0.05) is 19.8 Å². The lowest BCUT2D eigenvalue weighted by atomic mass is 9.89. The first-order valence-corrected chi connectivity index (χ1v) is 8.15. The van der Waals surface area contributed by atoms with Gasteiger partial charge < -0.3 is 10.1 Å². The van der Waals surface area contributed by atoms with Crippen LogP contribution in [0, 0.1) is 0 Å². The van der Waals surface area contributed by atoms with Gasteiger partial charge in [0.15, 0.2) is 0 Å². The Morgan fingerprint density at radius 1 is 1.10 bits per heavy atom. The number of hydrogen-bond acceptors (Lipinski definition) is 2. The highest BCUT2D eigenvalue weighted by atomic mass is 16.5. The molecule has 1 unspecified atom stereocenters.